The number of ether oxygens (including phenoxy) is 1. The van der Waals surface area contributed by atoms with Crippen LogP contribution in [-0.2, 0) is 6.18 Å². The van der Waals surface area contributed by atoms with Crippen LogP contribution in [0.3, 0.4) is 0 Å². The van der Waals surface area contributed by atoms with E-state index in [4.69, 9.17) is 4.74 Å². The largest absolute Gasteiger partial charge is 0.493 e. The van der Waals surface area contributed by atoms with E-state index in [1.54, 1.807) is 31.2 Å². The van der Waals surface area contributed by atoms with Crippen molar-refractivity contribution in [1.29, 1.82) is 0 Å². The lowest BCUT2D eigenvalue weighted by Crippen LogP contribution is -2.08. The average molecular weight is 296 g/mol. The van der Waals surface area contributed by atoms with Crippen LogP contribution in [0.2, 0.25) is 0 Å². The third kappa shape index (κ3) is 3.55. The van der Waals surface area contributed by atoms with Gasteiger partial charge < -0.3 is 9.84 Å². The topological polar surface area (TPSA) is 29.5 Å². The Kier molecular flexibility index (Phi) is 4.53. The Morgan fingerprint density at radius 2 is 1.81 bits per heavy atom. The molecule has 21 heavy (non-hydrogen) atoms. The fourth-order valence-electron chi connectivity index (χ4n) is 2.06. The molecule has 0 aliphatic carbocycles. The van der Waals surface area contributed by atoms with E-state index in [1.807, 2.05) is 0 Å². The minimum atomic E-state index is -4.44. The SMILES string of the molecule is CCOc1ccccc1C(O)c1cccc(C(F)(F)F)c1. The highest BCUT2D eigenvalue weighted by Gasteiger charge is 2.31. The maximum atomic E-state index is 12.7. The van der Waals surface area contributed by atoms with Crippen molar-refractivity contribution >= 4 is 0 Å². The van der Waals surface area contributed by atoms with E-state index in [-0.39, 0.29) is 5.56 Å². The highest BCUT2D eigenvalue weighted by Crippen LogP contribution is 2.34. The number of aliphatic hydroxyl groups excluding tert-OH is 1. The van der Waals surface area contributed by atoms with Gasteiger partial charge in [0.2, 0.25) is 0 Å². The minimum Gasteiger partial charge on any atom is -0.493 e. The first-order valence-corrected chi connectivity index (χ1v) is 6.50. The van der Waals surface area contributed by atoms with E-state index in [9.17, 15) is 18.3 Å². The van der Waals surface area contributed by atoms with Crippen molar-refractivity contribution < 1.29 is 23.0 Å². The highest BCUT2D eigenvalue weighted by molar-refractivity contribution is 5.41. The van der Waals surface area contributed by atoms with Gasteiger partial charge in [-0.1, -0.05) is 30.3 Å². The van der Waals surface area contributed by atoms with E-state index in [0.29, 0.717) is 17.9 Å². The van der Waals surface area contributed by atoms with E-state index in [0.717, 1.165) is 12.1 Å². The molecule has 0 saturated heterocycles. The molecule has 1 unspecified atom stereocenters. The molecule has 1 atom stereocenters. The average Bonchev–Trinajstić information content (AvgIpc) is 2.47. The third-order valence-corrected chi connectivity index (χ3v) is 3.04. The molecule has 0 amide bonds. The van der Waals surface area contributed by atoms with E-state index < -0.39 is 17.8 Å². The van der Waals surface area contributed by atoms with Crippen molar-refractivity contribution in [1.82, 2.24) is 0 Å². The second-order valence-electron chi connectivity index (χ2n) is 4.50. The predicted octanol–water partition coefficient (Wildman–Crippen LogP) is 4.19. The van der Waals surface area contributed by atoms with Crippen molar-refractivity contribution in [2.45, 2.75) is 19.2 Å². The smallest absolute Gasteiger partial charge is 0.416 e. The van der Waals surface area contributed by atoms with Crippen LogP contribution in [0, 0.1) is 0 Å². The molecule has 0 radical (unpaired) electrons. The van der Waals surface area contributed by atoms with Gasteiger partial charge >= 0.3 is 6.18 Å². The molecule has 0 aliphatic rings. The molecule has 5 heteroatoms. The molecule has 0 heterocycles. The van der Waals surface area contributed by atoms with Gasteiger partial charge in [-0.15, -0.1) is 0 Å². The van der Waals surface area contributed by atoms with Gasteiger partial charge in [-0.3, -0.25) is 0 Å². The van der Waals surface area contributed by atoms with Crippen LogP contribution in [0.15, 0.2) is 48.5 Å². The molecule has 0 saturated carbocycles. The zero-order valence-corrected chi connectivity index (χ0v) is 11.4. The lowest BCUT2D eigenvalue weighted by molar-refractivity contribution is -0.137. The molecule has 2 aromatic rings. The Labute approximate surface area is 120 Å². The number of para-hydroxylation sites is 1. The summed E-state index contributed by atoms with van der Waals surface area (Å²) in [5, 5.41) is 10.3. The lowest BCUT2D eigenvalue weighted by Gasteiger charge is -2.17. The zero-order valence-electron chi connectivity index (χ0n) is 11.4. The molecule has 0 aromatic heterocycles. The van der Waals surface area contributed by atoms with Gasteiger partial charge in [-0.2, -0.15) is 13.2 Å². The predicted molar refractivity (Wildman–Crippen MR) is 73.1 cm³/mol. The number of hydrogen-bond acceptors (Lipinski definition) is 2. The van der Waals surface area contributed by atoms with Crippen molar-refractivity contribution in [2.75, 3.05) is 6.61 Å². The van der Waals surface area contributed by atoms with Crippen LogP contribution in [0.4, 0.5) is 13.2 Å². The summed E-state index contributed by atoms with van der Waals surface area (Å²) < 4.78 is 43.6. The molecular formula is C16H15F3O2. The highest BCUT2D eigenvalue weighted by atomic mass is 19.4. The first-order valence-electron chi connectivity index (χ1n) is 6.50. The first-order chi connectivity index (χ1) is 9.93. The summed E-state index contributed by atoms with van der Waals surface area (Å²) in [5.41, 5.74) is -0.163. The maximum Gasteiger partial charge on any atom is 0.416 e. The van der Waals surface area contributed by atoms with Crippen molar-refractivity contribution in [3.05, 3.63) is 65.2 Å². The summed E-state index contributed by atoms with van der Waals surface area (Å²) in [6.45, 7) is 2.21. The fraction of sp³-hybridized carbons (Fsp3) is 0.250. The number of hydrogen-bond donors (Lipinski definition) is 1. The third-order valence-electron chi connectivity index (χ3n) is 3.04. The molecule has 0 spiro atoms. The second kappa shape index (κ2) is 6.18. The van der Waals surface area contributed by atoms with Crippen LogP contribution >= 0.6 is 0 Å². The van der Waals surface area contributed by atoms with Gasteiger partial charge in [-0.25, -0.2) is 0 Å². The lowest BCUT2D eigenvalue weighted by atomic mass is 9.99. The Balaban J connectivity index is 2.38. The van der Waals surface area contributed by atoms with E-state index in [1.165, 1.54) is 12.1 Å². The Morgan fingerprint density at radius 1 is 1.10 bits per heavy atom. The van der Waals surface area contributed by atoms with Crippen molar-refractivity contribution in [3.8, 4) is 5.75 Å². The van der Waals surface area contributed by atoms with Crippen LogP contribution < -0.4 is 4.74 Å². The molecule has 2 rings (SSSR count). The maximum absolute atomic E-state index is 12.7. The van der Waals surface area contributed by atoms with Gasteiger partial charge in [-0.05, 0) is 30.7 Å². The molecule has 0 fully saturated rings. The molecule has 2 nitrogen and oxygen atoms in total. The van der Waals surface area contributed by atoms with Gasteiger partial charge in [0.25, 0.3) is 0 Å². The van der Waals surface area contributed by atoms with Crippen LogP contribution in [0.25, 0.3) is 0 Å². The number of aliphatic hydroxyl groups is 1. The second-order valence-corrected chi connectivity index (χ2v) is 4.50. The van der Waals surface area contributed by atoms with Gasteiger partial charge in [0.05, 0.1) is 12.2 Å². The van der Waals surface area contributed by atoms with Crippen molar-refractivity contribution in [2.24, 2.45) is 0 Å². The number of halogens is 3. The fourth-order valence-corrected chi connectivity index (χ4v) is 2.06. The Hall–Kier alpha value is -2.01. The monoisotopic (exact) mass is 296 g/mol. The molecule has 1 N–H and O–H groups in total. The molecule has 112 valence electrons. The normalized spacial score (nSPS) is 13.0. The number of benzene rings is 2. The van der Waals surface area contributed by atoms with Crippen LogP contribution in [-0.4, -0.2) is 11.7 Å². The van der Waals surface area contributed by atoms with E-state index in [2.05, 4.69) is 0 Å². The summed E-state index contributed by atoms with van der Waals surface area (Å²) in [5.74, 6) is 0.463. The summed E-state index contributed by atoms with van der Waals surface area (Å²) >= 11 is 0. The molecular weight excluding hydrogens is 281 g/mol. The summed E-state index contributed by atoms with van der Waals surface area (Å²) in [7, 11) is 0. The molecule has 2 aromatic carbocycles. The molecule has 0 bridgehead atoms. The standard InChI is InChI=1S/C16H15F3O2/c1-2-21-14-9-4-3-8-13(14)15(20)11-6-5-7-12(10-11)16(17,18)19/h3-10,15,20H,2H2,1H3. The summed E-state index contributed by atoms with van der Waals surface area (Å²) in [6.07, 6.45) is -5.61. The molecule has 0 aliphatic heterocycles. The Bertz CT molecular complexity index is 608. The Morgan fingerprint density at radius 3 is 2.48 bits per heavy atom. The van der Waals surface area contributed by atoms with Gasteiger partial charge in [0.1, 0.15) is 11.9 Å². The van der Waals surface area contributed by atoms with Crippen LogP contribution in [0.5, 0.6) is 5.75 Å². The summed E-state index contributed by atoms with van der Waals surface area (Å²) in [4.78, 5) is 0. The van der Waals surface area contributed by atoms with Gasteiger partial charge in [0.15, 0.2) is 0 Å². The first kappa shape index (κ1) is 15.4. The summed E-state index contributed by atoms with van der Waals surface area (Å²) in [6, 6.07) is 11.4. The van der Waals surface area contributed by atoms with Crippen molar-refractivity contribution in [3.63, 3.8) is 0 Å². The quantitative estimate of drug-likeness (QED) is 0.917. The number of rotatable bonds is 4. The number of alkyl halides is 3. The van der Waals surface area contributed by atoms with E-state index >= 15 is 0 Å². The minimum absolute atomic E-state index is 0.178. The zero-order chi connectivity index (χ0) is 15.5. The van der Waals surface area contributed by atoms with Crippen LogP contribution in [0.1, 0.15) is 29.7 Å². The van der Waals surface area contributed by atoms with Gasteiger partial charge in [0, 0.05) is 5.56 Å².